The minimum Gasteiger partial charge on any atom is -0.427 e. The molecular formula is C24H19N3O7. The molecule has 2 aliphatic carbocycles. The number of oxime groups is 1. The van der Waals surface area contributed by atoms with Crippen molar-refractivity contribution in [2.24, 2.45) is 34.7 Å². The zero-order chi connectivity index (χ0) is 23.7. The van der Waals surface area contributed by atoms with Gasteiger partial charge in [-0.1, -0.05) is 17.3 Å². The van der Waals surface area contributed by atoms with Crippen LogP contribution in [0, 0.1) is 39.7 Å². The summed E-state index contributed by atoms with van der Waals surface area (Å²) in [5, 5.41) is 15.5. The van der Waals surface area contributed by atoms with Crippen LogP contribution in [-0.4, -0.2) is 34.5 Å². The number of carbonyl (C=O) groups is 3. The van der Waals surface area contributed by atoms with Gasteiger partial charge in [0.15, 0.2) is 0 Å². The number of fused-ring (bicyclic) bond motifs is 8. The molecule has 2 aromatic rings. The van der Waals surface area contributed by atoms with Gasteiger partial charge in [0.05, 0.1) is 28.2 Å². The number of hydrogen-bond donors (Lipinski definition) is 0. The van der Waals surface area contributed by atoms with Crippen molar-refractivity contribution in [1.29, 1.82) is 0 Å². The van der Waals surface area contributed by atoms with Crippen LogP contribution in [0.4, 0.5) is 11.4 Å². The van der Waals surface area contributed by atoms with Crippen molar-refractivity contribution in [3.05, 3.63) is 64.2 Å². The highest BCUT2D eigenvalue weighted by Gasteiger charge is 2.70. The van der Waals surface area contributed by atoms with Gasteiger partial charge in [0.25, 0.3) is 5.69 Å². The van der Waals surface area contributed by atoms with E-state index >= 15 is 0 Å². The van der Waals surface area contributed by atoms with E-state index in [4.69, 9.17) is 9.57 Å². The molecule has 1 saturated heterocycles. The Labute approximate surface area is 193 Å². The summed E-state index contributed by atoms with van der Waals surface area (Å²) in [6.07, 6.45) is 0.346. The van der Waals surface area contributed by atoms with E-state index in [0.29, 0.717) is 29.1 Å². The van der Waals surface area contributed by atoms with E-state index < -0.39 is 22.7 Å². The molecule has 0 aromatic heterocycles. The number of non-ortho nitro benzene ring substituents is 1. The largest absolute Gasteiger partial charge is 0.427 e. The molecule has 4 aliphatic rings. The summed E-state index contributed by atoms with van der Waals surface area (Å²) < 4.78 is 5.03. The van der Waals surface area contributed by atoms with Crippen LogP contribution in [0.25, 0.3) is 0 Å². The average molecular weight is 461 g/mol. The van der Waals surface area contributed by atoms with Crippen molar-refractivity contribution < 1.29 is 28.9 Å². The summed E-state index contributed by atoms with van der Waals surface area (Å²) in [6, 6.07) is 12.5. The number of nitro groups is 1. The smallest absolute Gasteiger partial charge is 0.308 e. The Kier molecular flexibility index (Phi) is 4.35. The Hall–Kier alpha value is -4.08. The lowest BCUT2D eigenvalue weighted by Gasteiger charge is -2.29. The normalized spacial score (nSPS) is 30.6. The molecule has 2 saturated carbocycles. The third-order valence-corrected chi connectivity index (χ3v) is 7.40. The van der Waals surface area contributed by atoms with Gasteiger partial charge in [-0.15, -0.1) is 0 Å². The highest BCUT2D eigenvalue weighted by atomic mass is 16.6. The Morgan fingerprint density at radius 3 is 2.47 bits per heavy atom. The second-order valence-electron chi connectivity index (χ2n) is 9.09. The minimum absolute atomic E-state index is 0.0415. The number of hydrogen-bond acceptors (Lipinski definition) is 8. The highest BCUT2D eigenvalue weighted by Crippen LogP contribution is 2.62. The lowest BCUT2D eigenvalue weighted by atomic mass is 9.71. The zero-order valence-corrected chi connectivity index (χ0v) is 18.0. The molecular weight excluding hydrogens is 442 g/mol. The van der Waals surface area contributed by atoms with E-state index in [2.05, 4.69) is 5.16 Å². The molecule has 2 bridgehead atoms. The number of esters is 1. The average Bonchev–Trinajstić information content (AvgIpc) is 3.54. The standard InChI is InChI=1S/C24H19N3O7/c1-11(28)33-15-7-5-13(6-8-15)26-23(29)18-16-10-17(19(18)24(26)30)22-20(16)21(25-34-22)12-3-2-4-14(9-12)27(31)32/h2-9,16-20,22H,10H2,1H3/t16-,17-,18-,19-,20-,22-/m1/s1. The van der Waals surface area contributed by atoms with Crippen molar-refractivity contribution in [3.63, 3.8) is 0 Å². The lowest BCUT2D eigenvalue weighted by Crippen LogP contribution is -2.41. The summed E-state index contributed by atoms with van der Waals surface area (Å²) in [6.45, 7) is 1.29. The summed E-state index contributed by atoms with van der Waals surface area (Å²) in [4.78, 5) is 55.7. The molecule has 6 atom stereocenters. The summed E-state index contributed by atoms with van der Waals surface area (Å²) >= 11 is 0. The van der Waals surface area contributed by atoms with Gasteiger partial charge in [0, 0.05) is 36.5 Å². The quantitative estimate of drug-likeness (QED) is 0.225. The maximum Gasteiger partial charge on any atom is 0.308 e. The molecule has 3 fully saturated rings. The number of amides is 2. The predicted octanol–water partition coefficient (Wildman–Crippen LogP) is 2.69. The second kappa shape index (κ2) is 7.21. The predicted molar refractivity (Wildman–Crippen MR) is 117 cm³/mol. The van der Waals surface area contributed by atoms with Gasteiger partial charge >= 0.3 is 5.97 Å². The fourth-order valence-electron chi connectivity index (χ4n) is 6.23. The van der Waals surface area contributed by atoms with Crippen molar-refractivity contribution >= 4 is 34.9 Å². The SMILES string of the molecule is CC(=O)Oc1ccc(N2C(=O)[C@@H]3[C@H]4C[C@@H]([C@H]5ON=C(c6cccc([N+](=O)[O-])c6)[C@@H]45)[C@H]3C2=O)cc1. The van der Waals surface area contributed by atoms with Crippen molar-refractivity contribution in [3.8, 4) is 5.75 Å². The van der Waals surface area contributed by atoms with E-state index in [0.717, 1.165) is 0 Å². The second-order valence-corrected chi connectivity index (χ2v) is 9.09. The number of nitrogens with zero attached hydrogens (tertiary/aromatic N) is 3. The maximum absolute atomic E-state index is 13.5. The molecule has 10 heteroatoms. The number of benzene rings is 2. The first-order valence-electron chi connectivity index (χ1n) is 11.0. The number of rotatable bonds is 4. The molecule has 0 radical (unpaired) electrons. The number of carbonyl (C=O) groups excluding carboxylic acids is 3. The van der Waals surface area contributed by atoms with Crippen LogP contribution in [0.3, 0.4) is 0 Å². The van der Waals surface area contributed by atoms with E-state index in [1.807, 2.05) is 0 Å². The van der Waals surface area contributed by atoms with E-state index in [9.17, 15) is 24.5 Å². The van der Waals surface area contributed by atoms with Crippen molar-refractivity contribution in [1.82, 2.24) is 0 Å². The number of imide groups is 1. The van der Waals surface area contributed by atoms with Crippen LogP contribution in [0.15, 0.2) is 53.7 Å². The third-order valence-electron chi connectivity index (χ3n) is 7.40. The first kappa shape index (κ1) is 20.5. The topological polar surface area (TPSA) is 128 Å². The van der Waals surface area contributed by atoms with Gasteiger partial charge in [-0.25, -0.2) is 0 Å². The zero-order valence-electron chi connectivity index (χ0n) is 18.0. The van der Waals surface area contributed by atoms with Gasteiger partial charge in [-0.3, -0.25) is 29.4 Å². The molecule has 2 heterocycles. The van der Waals surface area contributed by atoms with E-state index in [-0.39, 0.29) is 41.4 Å². The third kappa shape index (κ3) is 2.81. The van der Waals surface area contributed by atoms with Crippen LogP contribution in [-0.2, 0) is 19.2 Å². The fourth-order valence-corrected chi connectivity index (χ4v) is 6.23. The lowest BCUT2D eigenvalue weighted by molar-refractivity contribution is -0.384. The van der Waals surface area contributed by atoms with Crippen LogP contribution in [0.5, 0.6) is 5.75 Å². The first-order chi connectivity index (χ1) is 16.3. The molecule has 2 aliphatic heterocycles. The Morgan fingerprint density at radius 1 is 1.09 bits per heavy atom. The maximum atomic E-state index is 13.5. The van der Waals surface area contributed by atoms with Crippen molar-refractivity contribution in [2.45, 2.75) is 19.4 Å². The van der Waals surface area contributed by atoms with Gasteiger partial charge < -0.3 is 9.57 Å². The van der Waals surface area contributed by atoms with Gasteiger partial charge in [-0.05, 0) is 36.6 Å². The Morgan fingerprint density at radius 2 is 1.79 bits per heavy atom. The molecule has 0 unspecified atom stereocenters. The van der Waals surface area contributed by atoms with Gasteiger partial charge in [-0.2, -0.15) is 0 Å². The van der Waals surface area contributed by atoms with Crippen LogP contribution < -0.4 is 9.64 Å². The Balaban J connectivity index is 1.29. The number of anilines is 1. The van der Waals surface area contributed by atoms with E-state index in [1.54, 1.807) is 36.4 Å². The van der Waals surface area contributed by atoms with Crippen LogP contribution in [0.2, 0.25) is 0 Å². The minimum atomic E-state index is -0.488. The summed E-state index contributed by atoms with van der Waals surface area (Å²) in [7, 11) is 0. The van der Waals surface area contributed by atoms with Crippen molar-refractivity contribution in [2.75, 3.05) is 4.90 Å². The number of nitro benzene ring substituents is 1. The molecule has 10 nitrogen and oxygen atoms in total. The molecule has 2 aromatic carbocycles. The molecule has 2 amide bonds. The molecule has 34 heavy (non-hydrogen) atoms. The van der Waals surface area contributed by atoms with Crippen LogP contribution >= 0.6 is 0 Å². The fraction of sp³-hybridized carbons (Fsp3) is 0.333. The van der Waals surface area contributed by atoms with Crippen LogP contribution in [0.1, 0.15) is 18.9 Å². The van der Waals surface area contributed by atoms with Gasteiger partial charge in [0.2, 0.25) is 11.8 Å². The monoisotopic (exact) mass is 461 g/mol. The molecule has 0 spiro atoms. The first-order valence-corrected chi connectivity index (χ1v) is 11.0. The number of ether oxygens (including phenoxy) is 1. The Bertz CT molecular complexity index is 1290. The summed E-state index contributed by atoms with van der Waals surface area (Å²) in [5.41, 5.74) is 1.59. The van der Waals surface area contributed by atoms with E-state index in [1.165, 1.54) is 24.0 Å². The molecule has 172 valence electrons. The highest BCUT2D eigenvalue weighted by molar-refractivity contribution is 6.23. The summed E-state index contributed by atoms with van der Waals surface area (Å²) in [5.74, 6) is -2.10. The molecule has 0 N–H and O–H groups in total. The van der Waals surface area contributed by atoms with Gasteiger partial charge in [0.1, 0.15) is 11.9 Å². The molecule has 6 rings (SSSR count).